The molecule has 0 spiro atoms. The number of nitro benzene ring substituents is 1. The molecule has 0 amide bonds. The van der Waals surface area contributed by atoms with Crippen molar-refractivity contribution < 1.29 is 19.2 Å². The van der Waals surface area contributed by atoms with E-state index in [1.54, 1.807) is 43.3 Å². The lowest BCUT2D eigenvalue weighted by atomic mass is 10.0. The average Bonchev–Trinajstić information content (AvgIpc) is 2.82. The highest BCUT2D eigenvalue weighted by Gasteiger charge is 2.20. The molecule has 0 radical (unpaired) electrons. The van der Waals surface area contributed by atoms with Crippen molar-refractivity contribution in [2.45, 2.75) is 13.8 Å². The molecule has 0 aliphatic rings. The molecule has 1 heterocycles. The molecule has 7 nitrogen and oxygen atoms in total. The number of fused-ring (bicyclic) bond motifs is 1. The molecule has 0 atom stereocenters. The molecule has 1 aromatic heterocycles. The fraction of sp³-hybridized carbons (Fsp3) is 0.115. The van der Waals surface area contributed by atoms with Crippen LogP contribution in [-0.2, 0) is 4.74 Å². The molecule has 0 aliphatic heterocycles. The van der Waals surface area contributed by atoms with Crippen molar-refractivity contribution in [2.24, 2.45) is 0 Å². The number of aryl methyl sites for hydroxylation is 2. The van der Waals surface area contributed by atoms with Gasteiger partial charge in [0.2, 0.25) is 5.78 Å². The molecule has 0 unspecified atom stereocenters. The van der Waals surface area contributed by atoms with Gasteiger partial charge in [0.1, 0.15) is 0 Å². The molecule has 0 bridgehead atoms. The Bertz CT molecular complexity index is 1450. The molecular weight excluding hydrogens is 456 g/mol. The molecule has 0 saturated heterocycles. The minimum absolute atomic E-state index is 0.0994. The Labute approximate surface area is 200 Å². The summed E-state index contributed by atoms with van der Waals surface area (Å²) in [5.74, 6) is -1.23. The zero-order valence-corrected chi connectivity index (χ0v) is 19.1. The number of ether oxygens (including phenoxy) is 1. The van der Waals surface area contributed by atoms with Gasteiger partial charge in [-0.3, -0.25) is 14.9 Å². The van der Waals surface area contributed by atoms with Gasteiger partial charge in [-0.25, -0.2) is 9.78 Å². The van der Waals surface area contributed by atoms with Gasteiger partial charge < -0.3 is 4.74 Å². The molecule has 170 valence electrons. The van der Waals surface area contributed by atoms with E-state index in [4.69, 9.17) is 21.3 Å². The molecule has 8 heteroatoms. The summed E-state index contributed by atoms with van der Waals surface area (Å²) in [6, 6.07) is 18.3. The van der Waals surface area contributed by atoms with Crippen molar-refractivity contribution in [1.29, 1.82) is 0 Å². The predicted molar refractivity (Wildman–Crippen MR) is 129 cm³/mol. The van der Waals surface area contributed by atoms with Crippen LogP contribution in [-0.4, -0.2) is 28.3 Å². The Morgan fingerprint density at radius 2 is 1.74 bits per heavy atom. The fourth-order valence-electron chi connectivity index (χ4n) is 3.60. The molecule has 0 fully saturated rings. The SMILES string of the molecule is Cc1ccc(C(=O)COC(=O)c2cc(-c3ccc(Cl)cc3)nc3c(C)cccc23)cc1[N+](=O)[O-]. The summed E-state index contributed by atoms with van der Waals surface area (Å²) in [5, 5.41) is 12.3. The zero-order chi connectivity index (χ0) is 24.4. The van der Waals surface area contributed by atoms with Crippen molar-refractivity contribution in [3.05, 3.63) is 104 Å². The van der Waals surface area contributed by atoms with Crippen LogP contribution in [0.1, 0.15) is 31.8 Å². The first-order valence-corrected chi connectivity index (χ1v) is 10.7. The van der Waals surface area contributed by atoms with Crippen LogP contribution in [0, 0.1) is 24.0 Å². The average molecular weight is 475 g/mol. The summed E-state index contributed by atoms with van der Waals surface area (Å²) in [4.78, 5) is 40.9. The Morgan fingerprint density at radius 1 is 1.00 bits per heavy atom. The van der Waals surface area contributed by atoms with Gasteiger partial charge in [0.25, 0.3) is 5.69 Å². The van der Waals surface area contributed by atoms with Crippen molar-refractivity contribution in [2.75, 3.05) is 6.61 Å². The lowest BCUT2D eigenvalue weighted by Gasteiger charge is -2.11. The van der Waals surface area contributed by atoms with Gasteiger partial charge in [0.15, 0.2) is 6.61 Å². The Balaban J connectivity index is 1.65. The summed E-state index contributed by atoms with van der Waals surface area (Å²) < 4.78 is 5.33. The van der Waals surface area contributed by atoms with Crippen molar-refractivity contribution in [3.8, 4) is 11.3 Å². The Hall–Kier alpha value is -4.10. The topological polar surface area (TPSA) is 99.4 Å². The number of hydrogen-bond acceptors (Lipinski definition) is 6. The van der Waals surface area contributed by atoms with Crippen LogP contribution in [0.2, 0.25) is 5.02 Å². The lowest BCUT2D eigenvalue weighted by molar-refractivity contribution is -0.385. The van der Waals surface area contributed by atoms with Gasteiger partial charge in [-0.1, -0.05) is 54.1 Å². The maximum absolute atomic E-state index is 13.0. The van der Waals surface area contributed by atoms with Gasteiger partial charge >= 0.3 is 5.97 Å². The number of halogens is 1. The molecule has 4 aromatic rings. The number of Topliss-reactive ketones (excluding diaryl/α,β-unsaturated/α-hetero) is 1. The minimum Gasteiger partial charge on any atom is -0.454 e. The number of hydrogen-bond donors (Lipinski definition) is 0. The van der Waals surface area contributed by atoms with Crippen LogP contribution >= 0.6 is 11.6 Å². The molecule has 34 heavy (non-hydrogen) atoms. The van der Waals surface area contributed by atoms with Crippen molar-refractivity contribution in [3.63, 3.8) is 0 Å². The lowest BCUT2D eigenvalue weighted by Crippen LogP contribution is -2.15. The number of para-hydroxylation sites is 1. The summed E-state index contributed by atoms with van der Waals surface area (Å²) in [6.45, 7) is 2.93. The van der Waals surface area contributed by atoms with Crippen LogP contribution in [0.5, 0.6) is 0 Å². The number of benzene rings is 3. The number of rotatable bonds is 6. The Morgan fingerprint density at radius 3 is 2.44 bits per heavy atom. The monoisotopic (exact) mass is 474 g/mol. The van der Waals surface area contributed by atoms with E-state index in [-0.39, 0.29) is 16.8 Å². The van der Waals surface area contributed by atoms with Gasteiger partial charge in [-0.05, 0) is 37.6 Å². The van der Waals surface area contributed by atoms with Gasteiger partial charge in [0, 0.05) is 33.2 Å². The fourth-order valence-corrected chi connectivity index (χ4v) is 3.73. The first-order valence-electron chi connectivity index (χ1n) is 10.4. The maximum atomic E-state index is 13.0. The number of nitro groups is 1. The third kappa shape index (κ3) is 4.65. The molecule has 4 rings (SSSR count). The highest BCUT2D eigenvalue weighted by molar-refractivity contribution is 6.30. The number of aromatic nitrogens is 1. The van der Waals surface area contributed by atoms with E-state index in [2.05, 4.69) is 0 Å². The zero-order valence-electron chi connectivity index (χ0n) is 18.4. The van der Waals surface area contributed by atoms with Gasteiger partial charge in [-0.15, -0.1) is 0 Å². The van der Waals surface area contributed by atoms with Gasteiger partial charge in [0.05, 0.1) is 21.7 Å². The van der Waals surface area contributed by atoms with Crippen LogP contribution < -0.4 is 0 Å². The van der Waals surface area contributed by atoms with E-state index < -0.39 is 23.3 Å². The van der Waals surface area contributed by atoms with E-state index >= 15 is 0 Å². The van der Waals surface area contributed by atoms with Crippen LogP contribution in [0.25, 0.3) is 22.2 Å². The van der Waals surface area contributed by atoms with E-state index in [1.165, 1.54) is 18.2 Å². The Kier molecular flexibility index (Phi) is 6.38. The smallest absolute Gasteiger partial charge is 0.339 e. The number of nitrogens with zero attached hydrogens (tertiary/aromatic N) is 2. The van der Waals surface area contributed by atoms with Crippen molar-refractivity contribution >= 4 is 39.9 Å². The van der Waals surface area contributed by atoms with Crippen LogP contribution in [0.4, 0.5) is 5.69 Å². The summed E-state index contributed by atoms with van der Waals surface area (Å²) in [5.41, 5.74) is 3.49. The standard InChI is InChI=1S/C26H19ClN2O5/c1-15-6-7-18(12-23(15)29(32)33)24(30)14-34-26(31)21-13-22(17-8-10-19(27)11-9-17)28-25-16(2)4-3-5-20(21)25/h3-13H,14H2,1-2H3. The molecule has 0 N–H and O–H groups in total. The normalized spacial score (nSPS) is 10.8. The van der Waals surface area contributed by atoms with E-state index in [9.17, 15) is 19.7 Å². The quantitative estimate of drug-likeness (QED) is 0.144. The number of ketones is 1. The largest absolute Gasteiger partial charge is 0.454 e. The van der Waals surface area contributed by atoms with Gasteiger partial charge in [-0.2, -0.15) is 0 Å². The van der Waals surface area contributed by atoms with Crippen LogP contribution in [0.15, 0.2) is 66.7 Å². The van der Waals surface area contributed by atoms with Crippen molar-refractivity contribution in [1.82, 2.24) is 4.98 Å². The first kappa shape index (κ1) is 23.1. The third-order valence-corrected chi connectivity index (χ3v) is 5.72. The molecule has 0 aliphatic carbocycles. The van der Waals surface area contributed by atoms with E-state index in [0.717, 1.165) is 11.1 Å². The number of pyridine rings is 1. The second-order valence-corrected chi connectivity index (χ2v) is 8.23. The molecular formula is C26H19ClN2O5. The summed E-state index contributed by atoms with van der Waals surface area (Å²) >= 11 is 5.99. The van der Waals surface area contributed by atoms with E-state index in [1.807, 2.05) is 19.1 Å². The minimum atomic E-state index is -0.692. The van der Waals surface area contributed by atoms with Crippen LogP contribution in [0.3, 0.4) is 0 Å². The molecule has 0 saturated carbocycles. The maximum Gasteiger partial charge on any atom is 0.339 e. The predicted octanol–water partition coefficient (Wildman–Crippen LogP) is 6.12. The highest BCUT2D eigenvalue weighted by Crippen LogP contribution is 2.28. The third-order valence-electron chi connectivity index (χ3n) is 5.46. The second kappa shape index (κ2) is 9.41. The van der Waals surface area contributed by atoms with E-state index in [0.29, 0.717) is 27.2 Å². The number of carbonyl (C=O) groups is 2. The number of esters is 1. The molecule has 3 aromatic carbocycles. The summed E-state index contributed by atoms with van der Waals surface area (Å²) in [6.07, 6.45) is 0. The number of carbonyl (C=O) groups excluding carboxylic acids is 2. The summed E-state index contributed by atoms with van der Waals surface area (Å²) in [7, 11) is 0. The second-order valence-electron chi connectivity index (χ2n) is 7.79. The first-order chi connectivity index (χ1) is 16.2. The highest BCUT2D eigenvalue weighted by atomic mass is 35.5.